The van der Waals surface area contributed by atoms with Crippen molar-refractivity contribution in [3.05, 3.63) is 170 Å². The third-order valence-electron chi connectivity index (χ3n) is 8.45. The monoisotopic (exact) mass is 532 g/mol. The quantitative estimate of drug-likeness (QED) is 0.198. The van der Waals surface area contributed by atoms with E-state index in [1.807, 2.05) is 0 Å². The van der Waals surface area contributed by atoms with Crippen LogP contribution in [0.25, 0.3) is 76.8 Å². The number of rotatable bonds is 4. The summed E-state index contributed by atoms with van der Waals surface area (Å²) in [6, 6.07) is 61.7. The van der Waals surface area contributed by atoms with Gasteiger partial charge in [0.1, 0.15) is 0 Å². The Hall–Kier alpha value is -5.46. The minimum atomic E-state index is 1.23. The molecular formula is C42H28. The van der Waals surface area contributed by atoms with Crippen LogP contribution in [0.4, 0.5) is 0 Å². The highest BCUT2D eigenvalue weighted by molar-refractivity contribution is 6.22. The van der Waals surface area contributed by atoms with E-state index in [0.717, 1.165) is 0 Å². The second-order valence-corrected chi connectivity index (χ2v) is 10.9. The van der Waals surface area contributed by atoms with E-state index in [1.165, 1.54) is 76.8 Å². The van der Waals surface area contributed by atoms with Gasteiger partial charge in [0.15, 0.2) is 0 Å². The molecule has 0 radical (unpaired) electrons. The standard InChI is InChI=1S/C42H28/c1-3-13-29(14-4-1)30-23-25-32(26-24-30)41-36-19-9-11-21-38(36)42(39-22-12-10-20-37(39)41)34-27-33-17-7-8-18-35(33)40(28-34)31-15-5-2-6-16-31/h1-28H. The molecule has 0 atom stereocenters. The molecule has 42 heavy (non-hydrogen) atoms. The number of benzene rings is 8. The average Bonchev–Trinajstić information content (AvgIpc) is 3.07. The van der Waals surface area contributed by atoms with Crippen molar-refractivity contribution >= 4 is 32.3 Å². The molecule has 0 aliphatic heterocycles. The molecule has 0 amide bonds. The van der Waals surface area contributed by atoms with Crippen molar-refractivity contribution in [3.63, 3.8) is 0 Å². The molecule has 8 aromatic carbocycles. The van der Waals surface area contributed by atoms with Gasteiger partial charge in [-0.3, -0.25) is 0 Å². The molecule has 0 heteroatoms. The van der Waals surface area contributed by atoms with Crippen LogP contribution in [-0.4, -0.2) is 0 Å². The molecule has 0 spiro atoms. The van der Waals surface area contributed by atoms with Crippen molar-refractivity contribution in [2.45, 2.75) is 0 Å². The maximum absolute atomic E-state index is 2.39. The smallest absolute Gasteiger partial charge is 0.00259 e. The summed E-state index contributed by atoms with van der Waals surface area (Å²) >= 11 is 0. The van der Waals surface area contributed by atoms with Gasteiger partial charge in [-0.2, -0.15) is 0 Å². The molecule has 196 valence electrons. The molecule has 0 aliphatic rings. The van der Waals surface area contributed by atoms with Gasteiger partial charge < -0.3 is 0 Å². The molecule has 0 N–H and O–H groups in total. The van der Waals surface area contributed by atoms with Crippen molar-refractivity contribution in [2.75, 3.05) is 0 Å². The first-order valence-electron chi connectivity index (χ1n) is 14.5. The lowest BCUT2D eigenvalue weighted by Crippen LogP contribution is -1.92. The highest BCUT2D eigenvalue weighted by atomic mass is 14.2. The third kappa shape index (κ3) is 4.08. The molecule has 0 unspecified atom stereocenters. The Labute approximate surface area is 246 Å². The summed E-state index contributed by atoms with van der Waals surface area (Å²) in [7, 11) is 0. The lowest BCUT2D eigenvalue weighted by Gasteiger charge is -2.19. The fourth-order valence-electron chi connectivity index (χ4n) is 6.52. The summed E-state index contributed by atoms with van der Waals surface area (Å²) in [6.45, 7) is 0. The van der Waals surface area contributed by atoms with Crippen LogP contribution >= 0.6 is 0 Å². The number of hydrogen-bond donors (Lipinski definition) is 0. The molecule has 0 saturated heterocycles. The molecule has 0 heterocycles. The van der Waals surface area contributed by atoms with E-state index in [4.69, 9.17) is 0 Å². The lowest BCUT2D eigenvalue weighted by atomic mass is 9.84. The van der Waals surface area contributed by atoms with Crippen LogP contribution in [-0.2, 0) is 0 Å². The summed E-state index contributed by atoms with van der Waals surface area (Å²) in [5.74, 6) is 0. The summed E-state index contributed by atoms with van der Waals surface area (Å²) in [5.41, 5.74) is 10.0. The molecule has 0 aromatic heterocycles. The van der Waals surface area contributed by atoms with Crippen molar-refractivity contribution in [3.8, 4) is 44.5 Å². The maximum Gasteiger partial charge on any atom is -0.00259 e. The van der Waals surface area contributed by atoms with Gasteiger partial charge in [-0.25, -0.2) is 0 Å². The number of fused-ring (bicyclic) bond motifs is 3. The van der Waals surface area contributed by atoms with E-state index in [2.05, 4.69) is 170 Å². The minimum absolute atomic E-state index is 1.23. The zero-order valence-electron chi connectivity index (χ0n) is 23.2. The van der Waals surface area contributed by atoms with E-state index in [9.17, 15) is 0 Å². The van der Waals surface area contributed by atoms with Crippen LogP contribution in [0, 0.1) is 0 Å². The fraction of sp³-hybridized carbons (Fsp3) is 0. The predicted octanol–water partition coefficient (Wildman–Crippen LogP) is 11.8. The van der Waals surface area contributed by atoms with Gasteiger partial charge in [-0.15, -0.1) is 0 Å². The van der Waals surface area contributed by atoms with Crippen molar-refractivity contribution < 1.29 is 0 Å². The predicted molar refractivity (Wildman–Crippen MR) is 181 cm³/mol. The Morgan fingerprint density at radius 3 is 1.21 bits per heavy atom. The van der Waals surface area contributed by atoms with Gasteiger partial charge in [0.25, 0.3) is 0 Å². The molecule has 0 fully saturated rings. The third-order valence-corrected chi connectivity index (χ3v) is 8.45. The zero-order chi connectivity index (χ0) is 27.9. The zero-order valence-corrected chi connectivity index (χ0v) is 23.2. The molecule has 0 aliphatic carbocycles. The number of hydrogen-bond acceptors (Lipinski definition) is 0. The van der Waals surface area contributed by atoms with Crippen molar-refractivity contribution in [2.24, 2.45) is 0 Å². The molecule has 8 aromatic rings. The second-order valence-electron chi connectivity index (χ2n) is 10.9. The second kappa shape index (κ2) is 10.2. The molecular weight excluding hydrogens is 504 g/mol. The van der Waals surface area contributed by atoms with Gasteiger partial charge in [-0.05, 0) is 89.0 Å². The van der Waals surface area contributed by atoms with Gasteiger partial charge in [-0.1, -0.05) is 158 Å². The van der Waals surface area contributed by atoms with Gasteiger partial charge in [0.05, 0.1) is 0 Å². The van der Waals surface area contributed by atoms with Crippen LogP contribution in [0.5, 0.6) is 0 Å². The van der Waals surface area contributed by atoms with E-state index in [0.29, 0.717) is 0 Å². The van der Waals surface area contributed by atoms with Crippen LogP contribution < -0.4 is 0 Å². The van der Waals surface area contributed by atoms with Crippen molar-refractivity contribution in [1.82, 2.24) is 0 Å². The largest absolute Gasteiger partial charge is 0.0622 e. The highest BCUT2D eigenvalue weighted by Crippen LogP contribution is 2.45. The van der Waals surface area contributed by atoms with Gasteiger partial charge >= 0.3 is 0 Å². The summed E-state index contributed by atoms with van der Waals surface area (Å²) in [4.78, 5) is 0. The normalized spacial score (nSPS) is 11.3. The van der Waals surface area contributed by atoms with Crippen LogP contribution in [0.15, 0.2) is 170 Å². The average molecular weight is 533 g/mol. The Morgan fingerprint density at radius 1 is 0.238 bits per heavy atom. The first-order valence-corrected chi connectivity index (χ1v) is 14.5. The fourth-order valence-corrected chi connectivity index (χ4v) is 6.52. The van der Waals surface area contributed by atoms with Gasteiger partial charge in [0.2, 0.25) is 0 Å². The van der Waals surface area contributed by atoms with E-state index >= 15 is 0 Å². The Balaban J connectivity index is 1.41. The van der Waals surface area contributed by atoms with Crippen molar-refractivity contribution in [1.29, 1.82) is 0 Å². The first kappa shape index (κ1) is 24.3. The topological polar surface area (TPSA) is 0 Å². The van der Waals surface area contributed by atoms with E-state index < -0.39 is 0 Å². The lowest BCUT2D eigenvalue weighted by molar-refractivity contribution is 1.61. The Morgan fingerprint density at radius 2 is 0.643 bits per heavy atom. The van der Waals surface area contributed by atoms with Crippen LogP contribution in [0.2, 0.25) is 0 Å². The summed E-state index contributed by atoms with van der Waals surface area (Å²) in [5, 5.41) is 7.61. The van der Waals surface area contributed by atoms with Crippen LogP contribution in [0.3, 0.4) is 0 Å². The minimum Gasteiger partial charge on any atom is -0.0622 e. The highest BCUT2D eigenvalue weighted by Gasteiger charge is 2.18. The first-order chi connectivity index (χ1) is 20.8. The molecule has 0 bridgehead atoms. The molecule has 8 rings (SSSR count). The summed E-state index contributed by atoms with van der Waals surface area (Å²) < 4.78 is 0. The van der Waals surface area contributed by atoms with Gasteiger partial charge in [0, 0.05) is 0 Å². The Bertz CT molecular complexity index is 2150. The summed E-state index contributed by atoms with van der Waals surface area (Å²) in [6.07, 6.45) is 0. The maximum atomic E-state index is 2.39. The SMILES string of the molecule is c1ccc(-c2ccc(-c3c4ccccc4c(-c4cc(-c5ccccc5)c5ccccc5c4)c4ccccc34)cc2)cc1. The van der Waals surface area contributed by atoms with E-state index in [1.54, 1.807) is 0 Å². The molecule has 0 saturated carbocycles. The van der Waals surface area contributed by atoms with E-state index in [-0.39, 0.29) is 0 Å². The van der Waals surface area contributed by atoms with Crippen LogP contribution in [0.1, 0.15) is 0 Å². The Kier molecular flexibility index (Phi) is 5.90. The molecule has 0 nitrogen and oxygen atoms in total.